The summed E-state index contributed by atoms with van der Waals surface area (Å²) < 4.78 is 20.3. The van der Waals surface area contributed by atoms with Crippen molar-refractivity contribution in [3.05, 3.63) is 39.8 Å². The van der Waals surface area contributed by atoms with E-state index in [9.17, 15) is 14.4 Å². The summed E-state index contributed by atoms with van der Waals surface area (Å²) in [5.74, 6) is -1.25. The van der Waals surface area contributed by atoms with Crippen molar-refractivity contribution in [3.63, 3.8) is 0 Å². The molecule has 0 fully saturated rings. The second-order valence-corrected chi connectivity index (χ2v) is 7.32. The van der Waals surface area contributed by atoms with E-state index in [0.29, 0.717) is 10.6 Å². The van der Waals surface area contributed by atoms with Crippen molar-refractivity contribution in [1.82, 2.24) is 0 Å². The van der Waals surface area contributed by atoms with Gasteiger partial charge in [-0.2, -0.15) is 0 Å². The maximum atomic E-state index is 12.5. The molecule has 2 aromatic rings. The third-order valence-corrected chi connectivity index (χ3v) is 5.74. The summed E-state index contributed by atoms with van der Waals surface area (Å²) in [4.78, 5) is 38.0. The van der Waals surface area contributed by atoms with Gasteiger partial charge in [0.2, 0.25) is 0 Å². The van der Waals surface area contributed by atoms with Crippen LogP contribution in [-0.2, 0) is 27.1 Å². The molecule has 1 aliphatic carbocycles. The van der Waals surface area contributed by atoms with E-state index in [0.717, 1.165) is 29.7 Å². The summed E-state index contributed by atoms with van der Waals surface area (Å²) >= 11 is 1.35. The Balaban J connectivity index is 1.70. The molecule has 0 atom stereocenters. The Morgan fingerprint density at radius 3 is 2.31 bits per heavy atom. The fourth-order valence-electron chi connectivity index (χ4n) is 3.23. The molecule has 1 amide bonds. The lowest BCUT2D eigenvalue weighted by Gasteiger charge is -2.12. The quantitative estimate of drug-likeness (QED) is 0.689. The normalized spacial score (nSPS) is 12.1. The first-order valence-corrected chi connectivity index (χ1v) is 9.72. The van der Waals surface area contributed by atoms with Crippen LogP contribution in [0.25, 0.3) is 0 Å². The number of amides is 1. The molecule has 0 radical (unpaired) electrons. The molecule has 0 saturated heterocycles. The first-order valence-electron chi connectivity index (χ1n) is 8.91. The number of ether oxygens (including phenoxy) is 4. The van der Waals surface area contributed by atoms with Gasteiger partial charge < -0.3 is 24.3 Å². The van der Waals surface area contributed by atoms with Crippen LogP contribution in [0.3, 0.4) is 0 Å². The number of anilines is 1. The number of carbonyl (C=O) groups excluding carboxylic acids is 3. The average Bonchev–Trinajstić information content (AvgIpc) is 3.31. The molecule has 1 N–H and O–H groups in total. The highest BCUT2D eigenvalue weighted by Gasteiger charge is 2.28. The van der Waals surface area contributed by atoms with Gasteiger partial charge in [-0.1, -0.05) is 6.07 Å². The minimum atomic E-state index is -0.753. The predicted octanol–water partition coefficient (Wildman–Crippen LogP) is 2.84. The van der Waals surface area contributed by atoms with E-state index < -0.39 is 24.5 Å². The number of methoxy groups -OCH3 is 3. The smallest absolute Gasteiger partial charge is 0.346 e. The monoisotopic (exact) mass is 419 g/mol. The van der Waals surface area contributed by atoms with Crippen molar-refractivity contribution in [3.8, 4) is 11.5 Å². The molecule has 1 aromatic heterocycles. The number of esters is 2. The molecular weight excluding hydrogens is 398 g/mol. The number of hydrogen-bond donors (Lipinski definition) is 1. The number of thiophene rings is 1. The fraction of sp³-hybridized carbons (Fsp3) is 0.350. The van der Waals surface area contributed by atoms with Crippen molar-refractivity contribution in [2.75, 3.05) is 33.3 Å². The lowest BCUT2D eigenvalue weighted by Crippen LogP contribution is -2.22. The highest BCUT2D eigenvalue weighted by molar-refractivity contribution is 7.17. The zero-order valence-electron chi connectivity index (χ0n) is 16.3. The van der Waals surface area contributed by atoms with Crippen LogP contribution in [0.1, 0.15) is 37.6 Å². The van der Waals surface area contributed by atoms with Crippen LogP contribution in [0.2, 0.25) is 0 Å². The zero-order valence-corrected chi connectivity index (χ0v) is 17.1. The Morgan fingerprint density at radius 1 is 1.00 bits per heavy atom. The Hall–Kier alpha value is -3.07. The number of aryl methyl sites for hydroxylation is 1. The van der Waals surface area contributed by atoms with Gasteiger partial charge in [-0.15, -0.1) is 11.3 Å². The van der Waals surface area contributed by atoms with Crippen molar-refractivity contribution >= 4 is 34.2 Å². The van der Waals surface area contributed by atoms with Gasteiger partial charge in [0.1, 0.15) is 22.1 Å². The zero-order chi connectivity index (χ0) is 21.0. The topological polar surface area (TPSA) is 100 Å². The second-order valence-electron chi connectivity index (χ2n) is 6.21. The average molecular weight is 419 g/mol. The lowest BCUT2D eigenvalue weighted by molar-refractivity contribution is -0.119. The van der Waals surface area contributed by atoms with E-state index in [1.54, 1.807) is 18.2 Å². The van der Waals surface area contributed by atoms with Gasteiger partial charge in [0.05, 0.1) is 26.9 Å². The van der Waals surface area contributed by atoms with E-state index in [-0.39, 0.29) is 17.1 Å². The van der Waals surface area contributed by atoms with Gasteiger partial charge in [0, 0.05) is 4.88 Å². The molecule has 1 aliphatic rings. The van der Waals surface area contributed by atoms with Crippen molar-refractivity contribution < 1.29 is 33.3 Å². The number of rotatable bonds is 7. The minimum Gasteiger partial charge on any atom is -0.496 e. The Morgan fingerprint density at radius 2 is 1.69 bits per heavy atom. The Kier molecular flexibility index (Phi) is 6.38. The summed E-state index contributed by atoms with van der Waals surface area (Å²) in [6.07, 6.45) is 2.61. The summed E-state index contributed by atoms with van der Waals surface area (Å²) in [6, 6.07) is 4.86. The highest BCUT2D eigenvalue weighted by atomic mass is 32.1. The van der Waals surface area contributed by atoms with Gasteiger partial charge in [-0.3, -0.25) is 4.79 Å². The number of benzene rings is 1. The van der Waals surface area contributed by atoms with Crippen LogP contribution in [0.15, 0.2) is 18.2 Å². The van der Waals surface area contributed by atoms with E-state index >= 15 is 0 Å². The lowest BCUT2D eigenvalue weighted by atomic mass is 10.1. The molecule has 1 aromatic carbocycles. The highest BCUT2D eigenvalue weighted by Crippen LogP contribution is 2.39. The van der Waals surface area contributed by atoms with E-state index in [1.165, 1.54) is 32.7 Å². The number of hydrogen-bond acceptors (Lipinski definition) is 8. The molecule has 0 unspecified atom stereocenters. The van der Waals surface area contributed by atoms with Gasteiger partial charge in [0.25, 0.3) is 5.91 Å². The maximum absolute atomic E-state index is 12.5. The molecule has 154 valence electrons. The molecule has 8 nitrogen and oxygen atoms in total. The van der Waals surface area contributed by atoms with Crippen LogP contribution in [-0.4, -0.2) is 45.8 Å². The molecule has 0 aliphatic heterocycles. The summed E-state index contributed by atoms with van der Waals surface area (Å²) in [5.41, 5.74) is 1.40. The van der Waals surface area contributed by atoms with Gasteiger partial charge in [-0.25, -0.2) is 9.59 Å². The number of fused-ring (bicyclic) bond motifs is 1. The molecule has 9 heteroatoms. The first-order chi connectivity index (χ1) is 14.0. The SMILES string of the molecule is COC(=O)c1c(NC(=O)COC(=O)c2c(OC)cccc2OC)sc2c1CCC2. The number of carbonyl (C=O) groups is 3. The van der Waals surface area contributed by atoms with E-state index in [4.69, 9.17) is 18.9 Å². The Bertz CT molecular complexity index is 928. The van der Waals surface area contributed by atoms with Crippen LogP contribution in [0.5, 0.6) is 11.5 Å². The maximum Gasteiger partial charge on any atom is 0.346 e. The largest absolute Gasteiger partial charge is 0.496 e. The van der Waals surface area contributed by atoms with Crippen LogP contribution >= 0.6 is 11.3 Å². The van der Waals surface area contributed by atoms with Crippen LogP contribution < -0.4 is 14.8 Å². The first kappa shape index (κ1) is 20.7. The van der Waals surface area contributed by atoms with Crippen molar-refractivity contribution in [1.29, 1.82) is 0 Å². The number of nitrogens with one attached hydrogen (secondary N) is 1. The summed E-state index contributed by atoms with van der Waals surface area (Å²) in [6.45, 7) is -0.525. The Labute approximate surface area is 171 Å². The molecule has 3 rings (SSSR count). The fourth-order valence-corrected chi connectivity index (χ4v) is 4.52. The molecule has 1 heterocycles. The van der Waals surface area contributed by atoms with Crippen molar-refractivity contribution in [2.24, 2.45) is 0 Å². The van der Waals surface area contributed by atoms with Crippen LogP contribution in [0.4, 0.5) is 5.00 Å². The summed E-state index contributed by atoms with van der Waals surface area (Å²) in [5, 5.41) is 3.07. The van der Waals surface area contributed by atoms with Gasteiger partial charge in [0.15, 0.2) is 6.61 Å². The second kappa shape index (κ2) is 8.95. The van der Waals surface area contributed by atoms with E-state index in [2.05, 4.69) is 5.32 Å². The molecule has 0 spiro atoms. The molecular formula is C20H21NO7S. The standard InChI is InChI=1S/C20H21NO7S/c1-25-12-7-5-8-13(26-2)17(12)20(24)28-10-15(22)21-18-16(19(23)27-3)11-6-4-9-14(11)29-18/h5,7-8H,4,6,9-10H2,1-3H3,(H,21,22). The molecule has 0 saturated carbocycles. The third kappa shape index (κ3) is 4.19. The van der Waals surface area contributed by atoms with Gasteiger partial charge >= 0.3 is 11.9 Å². The molecule has 29 heavy (non-hydrogen) atoms. The predicted molar refractivity (Wildman–Crippen MR) is 106 cm³/mol. The van der Waals surface area contributed by atoms with E-state index in [1.807, 2.05) is 0 Å². The van der Waals surface area contributed by atoms with Crippen LogP contribution in [0, 0.1) is 0 Å². The molecule has 0 bridgehead atoms. The van der Waals surface area contributed by atoms with Crippen molar-refractivity contribution in [2.45, 2.75) is 19.3 Å². The van der Waals surface area contributed by atoms with Gasteiger partial charge in [-0.05, 0) is 37.0 Å². The third-order valence-electron chi connectivity index (χ3n) is 4.53. The minimum absolute atomic E-state index is 0.0932. The summed E-state index contributed by atoms with van der Waals surface area (Å²) in [7, 11) is 4.14.